The molecule has 1 aliphatic rings. The topological polar surface area (TPSA) is 45.2 Å². The fraction of sp³-hybridized carbons (Fsp3) is 0.727. The summed E-state index contributed by atoms with van der Waals surface area (Å²) in [6.07, 6.45) is -0.459. The molecule has 1 atom stereocenters. The van der Waals surface area contributed by atoms with Crippen LogP contribution in [0.5, 0.6) is 0 Å². The SMILES string of the molecule is Cc1ccc(CN(CCN2CCOCC2)C[C@@H](O)COCC(C)C)c(C)c1. The van der Waals surface area contributed by atoms with Crippen LogP contribution in [0.2, 0.25) is 0 Å². The minimum atomic E-state index is -0.459. The average molecular weight is 379 g/mol. The quantitative estimate of drug-likeness (QED) is 0.641. The fourth-order valence-corrected chi connectivity index (χ4v) is 3.40. The second-order valence-corrected chi connectivity index (χ2v) is 8.20. The van der Waals surface area contributed by atoms with Crippen LogP contribution in [0.3, 0.4) is 0 Å². The molecule has 0 unspecified atom stereocenters. The summed E-state index contributed by atoms with van der Waals surface area (Å²) in [5.74, 6) is 0.491. The number of nitrogens with zero attached hydrogens (tertiary/aromatic N) is 2. The highest BCUT2D eigenvalue weighted by Crippen LogP contribution is 2.14. The lowest BCUT2D eigenvalue weighted by Crippen LogP contribution is -2.43. The van der Waals surface area contributed by atoms with E-state index in [0.29, 0.717) is 25.7 Å². The van der Waals surface area contributed by atoms with Crippen molar-refractivity contribution >= 4 is 0 Å². The van der Waals surface area contributed by atoms with Gasteiger partial charge in [0.1, 0.15) is 0 Å². The summed E-state index contributed by atoms with van der Waals surface area (Å²) in [5.41, 5.74) is 3.94. The molecule has 154 valence electrons. The summed E-state index contributed by atoms with van der Waals surface area (Å²) < 4.78 is 11.1. The highest BCUT2D eigenvalue weighted by atomic mass is 16.5. The first-order valence-corrected chi connectivity index (χ1v) is 10.3. The molecule has 0 spiro atoms. The number of hydrogen-bond donors (Lipinski definition) is 1. The Labute approximate surface area is 165 Å². The Kier molecular flexibility index (Phi) is 9.73. The average Bonchev–Trinajstić information content (AvgIpc) is 2.62. The van der Waals surface area contributed by atoms with Gasteiger partial charge in [0.2, 0.25) is 0 Å². The van der Waals surface area contributed by atoms with Gasteiger partial charge in [-0.15, -0.1) is 0 Å². The lowest BCUT2D eigenvalue weighted by molar-refractivity contribution is 0.000929. The highest BCUT2D eigenvalue weighted by Gasteiger charge is 2.17. The third-order valence-electron chi connectivity index (χ3n) is 4.96. The molecule has 0 aromatic heterocycles. The summed E-state index contributed by atoms with van der Waals surface area (Å²) in [7, 11) is 0. The van der Waals surface area contributed by atoms with Crippen molar-refractivity contribution < 1.29 is 14.6 Å². The molecule has 27 heavy (non-hydrogen) atoms. The van der Waals surface area contributed by atoms with Crippen LogP contribution in [-0.4, -0.2) is 80.2 Å². The summed E-state index contributed by atoms with van der Waals surface area (Å²) in [6, 6.07) is 6.62. The van der Waals surface area contributed by atoms with Crippen molar-refractivity contribution in [3.63, 3.8) is 0 Å². The van der Waals surface area contributed by atoms with Gasteiger partial charge >= 0.3 is 0 Å². The van der Waals surface area contributed by atoms with Crippen LogP contribution < -0.4 is 0 Å². The summed E-state index contributed by atoms with van der Waals surface area (Å²) in [4.78, 5) is 4.80. The van der Waals surface area contributed by atoms with Crippen LogP contribution in [0.1, 0.15) is 30.5 Å². The molecule has 1 aliphatic heterocycles. The third kappa shape index (κ3) is 8.71. The molecule has 0 radical (unpaired) electrons. The predicted octanol–water partition coefficient (Wildman–Crippen LogP) is 2.47. The molecule has 0 amide bonds. The zero-order valence-electron chi connectivity index (χ0n) is 17.6. The summed E-state index contributed by atoms with van der Waals surface area (Å²) >= 11 is 0. The van der Waals surface area contributed by atoms with E-state index in [9.17, 15) is 5.11 Å². The van der Waals surface area contributed by atoms with Crippen molar-refractivity contribution in [2.45, 2.75) is 40.3 Å². The van der Waals surface area contributed by atoms with E-state index in [1.807, 2.05) is 0 Å². The molecular formula is C22H38N2O3. The maximum absolute atomic E-state index is 10.5. The lowest BCUT2D eigenvalue weighted by atomic mass is 10.1. The molecular weight excluding hydrogens is 340 g/mol. The van der Waals surface area contributed by atoms with Crippen molar-refractivity contribution in [3.8, 4) is 0 Å². The van der Waals surface area contributed by atoms with E-state index in [1.165, 1.54) is 16.7 Å². The number of ether oxygens (including phenoxy) is 2. The number of morpholine rings is 1. The van der Waals surface area contributed by atoms with Gasteiger partial charge in [-0.1, -0.05) is 37.6 Å². The number of hydrogen-bond acceptors (Lipinski definition) is 5. The highest BCUT2D eigenvalue weighted by molar-refractivity contribution is 5.30. The van der Waals surface area contributed by atoms with Crippen molar-refractivity contribution in [2.24, 2.45) is 5.92 Å². The standard InChI is InChI=1S/C22H38N2O3/c1-18(2)16-27-17-22(25)15-24(8-7-23-9-11-26-12-10-23)14-21-6-5-19(3)13-20(21)4/h5-6,13,18,22,25H,7-12,14-17H2,1-4H3/t22-/m1/s1. The van der Waals surface area contributed by atoms with E-state index in [-0.39, 0.29) is 0 Å². The molecule has 0 bridgehead atoms. The van der Waals surface area contributed by atoms with Crippen molar-refractivity contribution in [2.75, 3.05) is 59.2 Å². The van der Waals surface area contributed by atoms with E-state index < -0.39 is 6.10 Å². The first-order valence-electron chi connectivity index (χ1n) is 10.3. The van der Waals surface area contributed by atoms with E-state index >= 15 is 0 Å². The Bertz CT molecular complexity index is 544. The monoisotopic (exact) mass is 378 g/mol. The van der Waals surface area contributed by atoms with E-state index in [2.05, 4.69) is 55.7 Å². The van der Waals surface area contributed by atoms with Crippen molar-refractivity contribution in [1.82, 2.24) is 9.80 Å². The summed E-state index contributed by atoms with van der Waals surface area (Å²) in [6.45, 7) is 16.7. The fourth-order valence-electron chi connectivity index (χ4n) is 3.40. The second-order valence-electron chi connectivity index (χ2n) is 8.20. The van der Waals surface area contributed by atoms with Gasteiger partial charge in [-0.25, -0.2) is 0 Å². The van der Waals surface area contributed by atoms with Crippen LogP contribution in [-0.2, 0) is 16.0 Å². The second kappa shape index (κ2) is 11.8. The first kappa shape index (κ1) is 22.3. The zero-order valence-corrected chi connectivity index (χ0v) is 17.6. The van der Waals surface area contributed by atoms with Gasteiger partial charge in [-0.05, 0) is 30.9 Å². The van der Waals surface area contributed by atoms with Gasteiger partial charge in [0.05, 0.1) is 25.9 Å². The first-order chi connectivity index (χ1) is 12.9. The van der Waals surface area contributed by atoms with Crippen LogP contribution in [0.25, 0.3) is 0 Å². The van der Waals surface area contributed by atoms with Gasteiger partial charge in [-0.2, -0.15) is 0 Å². The molecule has 0 saturated carbocycles. The van der Waals surface area contributed by atoms with Gasteiger partial charge < -0.3 is 14.6 Å². The lowest BCUT2D eigenvalue weighted by Gasteiger charge is -2.31. The maximum atomic E-state index is 10.5. The maximum Gasteiger partial charge on any atom is 0.0900 e. The molecule has 1 heterocycles. The van der Waals surface area contributed by atoms with Gasteiger partial charge in [0, 0.05) is 45.9 Å². The van der Waals surface area contributed by atoms with E-state index in [1.54, 1.807) is 0 Å². The molecule has 1 saturated heterocycles. The van der Waals surface area contributed by atoms with Crippen molar-refractivity contribution in [3.05, 3.63) is 34.9 Å². The largest absolute Gasteiger partial charge is 0.389 e. The number of benzene rings is 1. The Morgan fingerprint density at radius 2 is 1.93 bits per heavy atom. The molecule has 5 heteroatoms. The number of aliphatic hydroxyl groups is 1. The smallest absolute Gasteiger partial charge is 0.0900 e. The molecule has 1 aromatic carbocycles. The van der Waals surface area contributed by atoms with Gasteiger partial charge in [-0.3, -0.25) is 9.80 Å². The number of aliphatic hydroxyl groups excluding tert-OH is 1. The van der Waals surface area contributed by atoms with Crippen LogP contribution in [0.15, 0.2) is 18.2 Å². The normalized spacial score (nSPS) is 17.0. The van der Waals surface area contributed by atoms with E-state index in [0.717, 1.165) is 45.9 Å². The number of rotatable bonds is 11. The number of aryl methyl sites for hydroxylation is 2. The Morgan fingerprint density at radius 3 is 2.59 bits per heavy atom. The minimum absolute atomic E-state index is 0.402. The van der Waals surface area contributed by atoms with Gasteiger partial charge in [0.25, 0.3) is 0 Å². The van der Waals surface area contributed by atoms with Crippen LogP contribution in [0.4, 0.5) is 0 Å². The van der Waals surface area contributed by atoms with E-state index in [4.69, 9.17) is 9.47 Å². The van der Waals surface area contributed by atoms with Crippen molar-refractivity contribution in [1.29, 1.82) is 0 Å². The molecule has 1 N–H and O–H groups in total. The minimum Gasteiger partial charge on any atom is -0.389 e. The third-order valence-corrected chi connectivity index (χ3v) is 4.96. The molecule has 1 aromatic rings. The molecule has 2 rings (SSSR count). The Hall–Kier alpha value is -0.980. The molecule has 5 nitrogen and oxygen atoms in total. The zero-order chi connectivity index (χ0) is 19.6. The Balaban J connectivity index is 1.91. The predicted molar refractivity (Wildman–Crippen MR) is 110 cm³/mol. The molecule has 1 fully saturated rings. The van der Waals surface area contributed by atoms with Gasteiger partial charge in [0.15, 0.2) is 0 Å². The van der Waals surface area contributed by atoms with Crippen LogP contribution in [0, 0.1) is 19.8 Å². The Morgan fingerprint density at radius 1 is 1.19 bits per heavy atom. The van der Waals surface area contributed by atoms with Crippen LogP contribution >= 0.6 is 0 Å². The molecule has 0 aliphatic carbocycles. The summed E-state index contributed by atoms with van der Waals surface area (Å²) in [5, 5.41) is 10.5.